The standard InChI is InChI=1S/C24H22N4O/c25-19-10-6-7-17(15-19)13-14-26-24(29)21-12-5-4-11-20(21)23-16-22(27-28-23)18-8-2-1-3-9-18/h1-12,15-16H,13-14,25H2,(H,26,29)(H,27,28). The van der Waals surface area contributed by atoms with Gasteiger partial charge in [0.15, 0.2) is 0 Å². The molecule has 0 aliphatic heterocycles. The second kappa shape index (κ2) is 8.44. The van der Waals surface area contributed by atoms with Crippen molar-refractivity contribution in [2.75, 3.05) is 12.3 Å². The Balaban J connectivity index is 1.49. The quantitative estimate of drug-likeness (QED) is 0.435. The van der Waals surface area contributed by atoms with Crippen molar-refractivity contribution in [2.24, 2.45) is 0 Å². The summed E-state index contributed by atoms with van der Waals surface area (Å²) in [4.78, 5) is 12.8. The average Bonchev–Trinajstić information content (AvgIpc) is 3.25. The number of benzene rings is 3. The van der Waals surface area contributed by atoms with E-state index in [1.165, 1.54) is 0 Å². The molecule has 29 heavy (non-hydrogen) atoms. The Hall–Kier alpha value is -3.86. The summed E-state index contributed by atoms with van der Waals surface area (Å²) in [7, 11) is 0. The third kappa shape index (κ3) is 4.35. The minimum Gasteiger partial charge on any atom is -0.399 e. The van der Waals surface area contributed by atoms with Gasteiger partial charge >= 0.3 is 0 Å². The van der Waals surface area contributed by atoms with Gasteiger partial charge < -0.3 is 11.1 Å². The van der Waals surface area contributed by atoms with Gasteiger partial charge in [0, 0.05) is 28.9 Å². The van der Waals surface area contributed by atoms with Gasteiger partial charge in [0.05, 0.1) is 11.4 Å². The molecule has 3 aromatic carbocycles. The number of nitrogens with zero attached hydrogens (tertiary/aromatic N) is 1. The number of hydrogen-bond acceptors (Lipinski definition) is 3. The van der Waals surface area contributed by atoms with Crippen LogP contribution in [0.1, 0.15) is 15.9 Å². The highest BCUT2D eigenvalue weighted by atomic mass is 16.1. The van der Waals surface area contributed by atoms with Crippen molar-refractivity contribution in [2.45, 2.75) is 6.42 Å². The molecule has 0 spiro atoms. The number of aromatic amines is 1. The molecular weight excluding hydrogens is 360 g/mol. The lowest BCUT2D eigenvalue weighted by Crippen LogP contribution is -2.26. The second-order valence-corrected chi connectivity index (χ2v) is 6.83. The molecule has 5 heteroatoms. The molecule has 144 valence electrons. The molecule has 0 aliphatic rings. The van der Waals surface area contributed by atoms with Crippen molar-refractivity contribution >= 4 is 11.6 Å². The van der Waals surface area contributed by atoms with E-state index in [4.69, 9.17) is 5.73 Å². The van der Waals surface area contributed by atoms with Gasteiger partial charge in [-0.1, -0.05) is 60.7 Å². The minimum absolute atomic E-state index is 0.111. The molecule has 0 atom stereocenters. The number of carbonyl (C=O) groups excluding carboxylic acids is 1. The van der Waals surface area contributed by atoms with Gasteiger partial charge in [0.25, 0.3) is 5.91 Å². The predicted molar refractivity (Wildman–Crippen MR) is 116 cm³/mol. The van der Waals surface area contributed by atoms with Crippen LogP contribution in [-0.2, 0) is 6.42 Å². The fourth-order valence-electron chi connectivity index (χ4n) is 3.30. The number of anilines is 1. The average molecular weight is 382 g/mol. The van der Waals surface area contributed by atoms with Crippen LogP contribution in [0.3, 0.4) is 0 Å². The van der Waals surface area contributed by atoms with Crippen molar-refractivity contribution < 1.29 is 4.79 Å². The first-order valence-electron chi connectivity index (χ1n) is 9.53. The molecule has 4 aromatic rings. The molecule has 0 radical (unpaired) electrons. The Morgan fingerprint density at radius 2 is 1.72 bits per heavy atom. The molecule has 5 nitrogen and oxygen atoms in total. The molecule has 1 amide bonds. The van der Waals surface area contributed by atoms with E-state index in [-0.39, 0.29) is 5.91 Å². The van der Waals surface area contributed by atoms with Crippen molar-refractivity contribution in [3.63, 3.8) is 0 Å². The maximum Gasteiger partial charge on any atom is 0.251 e. The predicted octanol–water partition coefficient (Wildman–Crippen LogP) is 4.30. The van der Waals surface area contributed by atoms with Crippen LogP contribution in [-0.4, -0.2) is 22.6 Å². The van der Waals surface area contributed by atoms with E-state index in [9.17, 15) is 4.79 Å². The molecule has 0 saturated carbocycles. The highest BCUT2D eigenvalue weighted by molar-refractivity contribution is 6.00. The Morgan fingerprint density at radius 3 is 2.55 bits per heavy atom. The molecule has 1 heterocycles. The van der Waals surface area contributed by atoms with Crippen molar-refractivity contribution in [1.82, 2.24) is 15.5 Å². The minimum atomic E-state index is -0.111. The molecule has 1 aromatic heterocycles. The molecule has 0 unspecified atom stereocenters. The van der Waals surface area contributed by atoms with Gasteiger partial charge in [-0.2, -0.15) is 5.10 Å². The lowest BCUT2D eigenvalue weighted by atomic mass is 10.0. The maximum absolute atomic E-state index is 12.8. The number of amides is 1. The summed E-state index contributed by atoms with van der Waals surface area (Å²) in [5.74, 6) is -0.111. The van der Waals surface area contributed by atoms with Crippen LogP contribution in [0.5, 0.6) is 0 Å². The summed E-state index contributed by atoms with van der Waals surface area (Å²) in [6.07, 6.45) is 0.723. The number of nitrogen functional groups attached to an aromatic ring is 1. The number of nitrogens with two attached hydrogens (primary N) is 1. The highest BCUT2D eigenvalue weighted by Crippen LogP contribution is 2.26. The summed E-state index contributed by atoms with van der Waals surface area (Å²) in [6.45, 7) is 0.537. The summed E-state index contributed by atoms with van der Waals surface area (Å²) < 4.78 is 0. The first-order valence-corrected chi connectivity index (χ1v) is 9.53. The topological polar surface area (TPSA) is 83.8 Å². The Bertz CT molecular complexity index is 1120. The summed E-state index contributed by atoms with van der Waals surface area (Å²) in [6, 6.07) is 27.2. The molecular formula is C24H22N4O. The van der Waals surface area contributed by atoms with Crippen molar-refractivity contribution in [1.29, 1.82) is 0 Å². The molecule has 4 rings (SSSR count). The SMILES string of the molecule is Nc1cccc(CCNC(=O)c2ccccc2-c2cc(-c3ccccc3)n[nH]2)c1. The first-order chi connectivity index (χ1) is 14.2. The van der Waals surface area contributed by atoms with Gasteiger partial charge in [-0.15, -0.1) is 0 Å². The van der Waals surface area contributed by atoms with E-state index in [0.29, 0.717) is 12.1 Å². The first kappa shape index (κ1) is 18.5. The fraction of sp³-hybridized carbons (Fsp3) is 0.0833. The zero-order valence-corrected chi connectivity index (χ0v) is 15.9. The highest BCUT2D eigenvalue weighted by Gasteiger charge is 2.14. The van der Waals surface area contributed by atoms with E-state index >= 15 is 0 Å². The molecule has 0 bridgehead atoms. The monoisotopic (exact) mass is 382 g/mol. The zero-order valence-electron chi connectivity index (χ0n) is 15.9. The summed E-state index contributed by atoms with van der Waals surface area (Å²) in [5.41, 5.74) is 11.8. The zero-order chi connectivity index (χ0) is 20.1. The number of aromatic nitrogens is 2. The van der Waals surface area contributed by atoms with Crippen LogP contribution in [0.2, 0.25) is 0 Å². The smallest absolute Gasteiger partial charge is 0.251 e. The maximum atomic E-state index is 12.8. The van der Waals surface area contributed by atoms with Crippen molar-refractivity contribution in [3.05, 3.63) is 96.1 Å². The van der Waals surface area contributed by atoms with E-state index in [2.05, 4.69) is 15.5 Å². The van der Waals surface area contributed by atoms with Gasteiger partial charge in [-0.3, -0.25) is 9.89 Å². The van der Waals surface area contributed by atoms with Crippen LogP contribution < -0.4 is 11.1 Å². The molecule has 0 aliphatic carbocycles. The van der Waals surface area contributed by atoms with E-state index in [1.54, 1.807) is 0 Å². The Labute approximate surface area is 169 Å². The van der Waals surface area contributed by atoms with Crippen LogP contribution in [0, 0.1) is 0 Å². The molecule has 4 N–H and O–H groups in total. The van der Waals surface area contributed by atoms with Crippen LogP contribution >= 0.6 is 0 Å². The van der Waals surface area contributed by atoms with E-state index < -0.39 is 0 Å². The number of carbonyl (C=O) groups is 1. The molecule has 0 saturated heterocycles. The lowest BCUT2D eigenvalue weighted by molar-refractivity contribution is 0.0955. The van der Waals surface area contributed by atoms with E-state index in [0.717, 1.165) is 40.2 Å². The number of hydrogen-bond donors (Lipinski definition) is 3. The van der Waals surface area contributed by atoms with Crippen LogP contribution in [0.15, 0.2) is 84.9 Å². The van der Waals surface area contributed by atoms with Crippen molar-refractivity contribution in [3.8, 4) is 22.5 Å². The largest absolute Gasteiger partial charge is 0.399 e. The Morgan fingerprint density at radius 1 is 0.931 bits per heavy atom. The lowest BCUT2D eigenvalue weighted by Gasteiger charge is -2.09. The van der Waals surface area contributed by atoms with Crippen LogP contribution in [0.25, 0.3) is 22.5 Å². The van der Waals surface area contributed by atoms with Gasteiger partial charge in [0.2, 0.25) is 0 Å². The summed E-state index contributed by atoms with van der Waals surface area (Å²) in [5, 5.41) is 10.5. The van der Waals surface area contributed by atoms with Gasteiger partial charge in [0.1, 0.15) is 0 Å². The van der Waals surface area contributed by atoms with Gasteiger partial charge in [-0.05, 0) is 36.2 Å². The fourth-order valence-corrected chi connectivity index (χ4v) is 3.30. The number of rotatable bonds is 6. The number of H-pyrrole nitrogens is 1. The summed E-state index contributed by atoms with van der Waals surface area (Å²) >= 11 is 0. The Kier molecular flexibility index (Phi) is 5.38. The molecule has 0 fully saturated rings. The normalized spacial score (nSPS) is 10.6. The third-order valence-corrected chi connectivity index (χ3v) is 4.76. The van der Waals surface area contributed by atoms with E-state index in [1.807, 2.05) is 84.9 Å². The third-order valence-electron chi connectivity index (χ3n) is 4.76. The number of nitrogens with one attached hydrogen (secondary N) is 2. The van der Waals surface area contributed by atoms with Crippen LogP contribution in [0.4, 0.5) is 5.69 Å². The van der Waals surface area contributed by atoms with Gasteiger partial charge in [-0.25, -0.2) is 0 Å². The second-order valence-electron chi connectivity index (χ2n) is 6.83.